The van der Waals surface area contributed by atoms with Crippen molar-refractivity contribution < 1.29 is 13.3 Å². The number of nitro groups is 1. The molecule has 1 fully saturated rings. The molecule has 2 heterocycles. The van der Waals surface area contributed by atoms with E-state index >= 15 is 0 Å². The largest absolute Gasteiger partial charge is 0.322 e. The Morgan fingerprint density at radius 2 is 1.71 bits per heavy atom. The van der Waals surface area contributed by atoms with Crippen molar-refractivity contribution in [1.29, 1.82) is 0 Å². The number of aliphatic imine (C=N–C) groups is 1. The van der Waals surface area contributed by atoms with Crippen LogP contribution >= 0.6 is 23.2 Å². The first-order valence-electron chi connectivity index (χ1n) is 10.7. The Hall–Kier alpha value is -2.66. The Balaban J connectivity index is 1.40. The smallest absolute Gasteiger partial charge is 0.299 e. The SMILES string of the molecule is O=[N+]([O-])c1ccc(CN2CCC(N=C3C=C(Cc4c(Cl)cccc4Cl)NS(=O)(=O)N3)CC2)cc1. The molecule has 0 unspecified atom stereocenters. The molecule has 1 saturated heterocycles. The van der Waals surface area contributed by atoms with Gasteiger partial charge in [-0.2, -0.15) is 8.42 Å². The van der Waals surface area contributed by atoms with E-state index in [1.165, 1.54) is 12.1 Å². The summed E-state index contributed by atoms with van der Waals surface area (Å²) in [4.78, 5) is 17.3. The molecule has 180 valence electrons. The van der Waals surface area contributed by atoms with Crippen molar-refractivity contribution in [3.8, 4) is 0 Å². The van der Waals surface area contributed by atoms with Gasteiger partial charge in [-0.15, -0.1) is 0 Å². The van der Waals surface area contributed by atoms with Gasteiger partial charge in [-0.1, -0.05) is 41.4 Å². The van der Waals surface area contributed by atoms with Gasteiger partial charge in [0.2, 0.25) is 0 Å². The maximum atomic E-state index is 12.3. The van der Waals surface area contributed by atoms with Crippen LogP contribution in [0.25, 0.3) is 0 Å². The third-order valence-electron chi connectivity index (χ3n) is 5.68. The van der Waals surface area contributed by atoms with Crippen molar-refractivity contribution in [3.05, 3.63) is 85.5 Å². The second-order valence-corrected chi connectivity index (χ2v) is 10.4. The number of likely N-dealkylation sites (tertiary alicyclic amines) is 1. The zero-order chi connectivity index (χ0) is 24.3. The molecule has 0 bridgehead atoms. The Bertz CT molecular complexity index is 1220. The highest BCUT2D eigenvalue weighted by atomic mass is 35.5. The van der Waals surface area contributed by atoms with Crippen LogP contribution < -0.4 is 9.44 Å². The lowest BCUT2D eigenvalue weighted by atomic mass is 10.0. The van der Waals surface area contributed by atoms with Gasteiger partial charge in [-0.3, -0.25) is 29.5 Å². The number of allylic oxidation sites excluding steroid dienone is 1. The highest BCUT2D eigenvalue weighted by molar-refractivity contribution is 7.88. The second-order valence-electron chi connectivity index (χ2n) is 8.20. The van der Waals surface area contributed by atoms with Crippen molar-refractivity contribution in [1.82, 2.24) is 14.3 Å². The molecule has 9 nitrogen and oxygen atoms in total. The number of hydrogen-bond acceptors (Lipinski definition) is 6. The van der Waals surface area contributed by atoms with Crippen molar-refractivity contribution >= 4 is 44.9 Å². The first-order chi connectivity index (χ1) is 16.2. The Kier molecular flexibility index (Phi) is 7.42. The first-order valence-corrected chi connectivity index (χ1v) is 12.9. The van der Waals surface area contributed by atoms with Gasteiger partial charge in [0.25, 0.3) is 5.69 Å². The molecule has 0 aromatic heterocycles. The quantitative estimate of drug-likeness (QED) is 0.440. The van der Waals surface area contributed by atoms with Gasteiger partial charge in [0.1, 0.15) is 5.84 Å². The van der Waals surface area contributed by atoms with Crippen LogP contribution in [0.4, 0.5) is 5.69 Å². The van der Waals surface area contributed by atoms with Crippen LogP contribution in [-0.4, -0.2) is 43.2 Å². The van der Waals surface area contributed by atoms with Crippen molar-refractivity contribution in [2.45, 2.75) is 31.8 Å². The van der Waals surface area contributed by atoms with Crippen LogP contribution in [0, 0.1) is 10.1 Å². The minimum absolute atomic E-state index is 0.0229. The molecule has 0 amide bonds. The summed E-state index contributed by atoms with van der Waals surface area (Å²) in [5.74, 6) is 0.283. The van der Waals surface area contributed by atoms with E-state index in [-0.39, 0.29) is 24.0 Å². The maximum absolute atomic E-state index is 12.3. The van der Waals surface area contributed by atoms with E-state index in [1.54, 1.807) is 36.4 Å². The van der Waals surface area contributed by atoms with E-state index in [2.05, 4.69) is 19.3 Å². The van der Waals surface area contributed by atoms with Gasteiger partial charge in [-0.05, 0) is 36.1 Å². The summed E-state index contributed by atoms with van der Waals surface area (Å²) < 4.78 is 29.6. The first kappa shape index (κ1) is 24.5. The molecular weight excluding hydrogens is 501 g/mol. The van der Waals surface area contributed by atoms with E-state index in [1.807, 2.05) is 0 Å². The molecule has 2 aromatic rings. The summed E-state index contributed by atoms with van der Waals surface area (Å²) in [5.41, 5.74) is 2.16. The van der Waals surface area contributed by atoms with Crippen LogP contribution in [0.3, 0.4) is 0 Å². The fourth-order valence-corrected chi connectivity index (χ4v) is 5.43. The molecule has 34 heavy (non-hydrogen) atoms. The summed E-state index contributed by atoms with van der Waals surface area (Å²) in [6.07, 6.45) is 3.44. The minimum Gasteiger partial charge on any atom is -0.299 e. The van der Waals surface area contributed by atoms with Crippen molar-refractivity contribution in [2.24, 2.45) is 4.99 Å². The van der Waals surface area contributed by atoms with Crippen LogP contribution in [0.2, 0.25) is 10.0 Å². The van der Waals surface area contributed by atoms with Crippen molar-refractivity contribution in [3.63, 3.8) is 0 Å². The number of benzene rings is 2. The third kappa shape index (κ3) is 6.26. The van der Waals surface area contributed by atoms with Crippen LogP contribution in [-0.2, 0) is 23.2 Å². The number of nitrogens with zero attached hydrogens (tertiary/aromatic N) is 3. The molecule has 0 saturated carbocycles. The molecule has 4 rings (SSSR count). The van der Waals surface area contributed by atoms with E-state index in [4.69, 9.17) is 23.2 Å². The lowest BCUT2D eigenvalue weighted by molar-refractivity contribution is -0.384. The van der Waals surface area contributed by atoms with Crippen molar-refractivity contribution in [2.75, 3.05) is 13.1 Å². The minimum atomic E-state index is -3.78. The van der Waals surface area contributed by atoms with Gasteiger partial charge in [0, 0.05) is 60.0 Å². The van der Waals surface area contributed by atoms with Crippen LogP contribution in [0.15, 0.2) is 59.2 Å². The third-order valence-corrected chi connectivity index (χ3v) is 7.39. The van der Waals surface area contributed by atoms with Gasteiger partial charge in [0.05, 0.1) is 11.0 Å². The van der Waals surface area contributed by atoms with E-state index in [9.17, 15) is 18.5 Å². The second kappa shape index (κ2) is 10.3. The maximum Gasteiger partial charge on any atom is 0.322 e. The molecule has 0 atom stereocenters. The number of non-ortho nitro benzene ring substituents is 1. The number of amidine groups is 1. The monoisotopic (exact) mass is 523 g/mol. The standard InChI is InChI=1S/C22H23Cl2N5O4S/c23-20-2-1-3-21(24)19(20)12-17-13-22(27-34(32,33)26-17)25-16-8-10-28(11-9-16)14-15-4-6-18(7-5-15)29(30)31/h1-7,13,16,26H,8-12,14H2,(H,25,27). The molecule has 0 aliphatic carbocycles. The fraction of sp³-hybridized carbons (Fsp3) is 0.318. The number of rotatable bonds is 6. The van der Waals surface area contributed by atoms with Gasteiger partial charge < -0.3 is 0 Å². The molecule has 2 aromatic carbocycles. The predicted octanol–water partition coefficient (Wildman–Crippen LogP) is 3.83. The molecule has 2 N–H and O–H groups in total. The highest BCUT2D eigenvalue weighted by Crippen LogP contribution is 2.27. The average Bonchev–Trinajstić information content (AvgIpc) is 2.77. The summed E-state index contributed by atoms with van der Waals surface area (Å²) in [7, 11) is -3.78. The lowest BCUT2D eigenvalue weighted by Crippen LogP contribution is -2.45. The lowest BCUT2D eigenvalue weighted by Gasteiger charge is -2.30. The summed E-state index contributed by atoms with van der Waals surface area (Å²) in [5, 5.41) is 11.7. The zero-order valence-electron chi connectivity index (χ0n) is 18.1. The molecule has 0 radical (unpaired) electrons. The van der Waals surface area contributed by atoms with Gasteiger partial charge >= 0.3 is 10.2 Å². The average molecular weight is 524 g/mol. The van der Waals surface area contributed by atoms with Gasteiger partial charge in [-0.25, -0.2) is 0 Å². The Labute approximate surface area is 207 Å². The van der Waals surface area contributed by atoms with Crippen LogP contribution in [0.1, 0.15) is 24.0 Å². The summed E-state index contributed by atoms with van der Waals surface area (Å²) in [6.45, 7) is 2.27. The number of halogens is 2. The number of nitro benzene ring substituents is 1. The molecular formula is C22H23Cl2N5O4S. The molecule has 2 aliphatic heterocycles. The number of nitrogens with one attached hydrogen (secondary N) is 2. The fourth-order valence-electron chi connectivity index (χ4n) is 3.99. The predicted molar refractivity (Wildman–Crippen MR) is 132 cm³/mol. The summed E-state index contributed by atoms with van der Waals surface area (Å²) >= 11 is 12.5. The number of piperidine rings is 1. The Morgan fingerprint density at radius 3 is 2.32 bits per heavy atom. The molecule has 0 spiro atoms. The molecule has 12 heteroatoms. The summed E-state index contributed by atoms with van der Waals surface area (Å²) in [6, 6.07) is 11.7. The van der Waals surface area contributed by atoms with E-state index in [0.29, 0.717) is 27.9 Å². The normalized spacial score (nSPS) is 19.8. The van der Waals surface area contributed by atoms with E-state index < -0.39 is 15.1 Å². The highest BCUT2D eigenvalue weighted by Gasteiger charge is 2.24. The molecule has 2 aliphatic rings. The topological polar surface area (TPSA) is 117 Å². The zero-order valence-corrected chi connectivity index (χ0v) is 20.4. The van der Waals surface area contributed by atoms with Crippen LogP contribution in [0.5, 0.6) is 0 Å². The number of hydrogen-bond donors (Lipinski definition) is 2. The Morgan fingerprint density at radius 1 is 1.06 bits per heavy atom. The van der Waals surface area contributed by atoms with E-state index in [0.717, 1.165) is 31.5 Å². The van der Waals surface area contributed by atoms with Gasteiger partial charge in [0.15, 0.2) is 0 Å².